The largest absolute Gasteiger partial charge is 0.314 e. The van der Waals surface area contributed by atoms with Gasteiger partial charge in [-0.3, -0.25) is 9.88 Å². The van der Waals surface area contributed by atoms with Gasteiger partial charge in [-0.2, -0.15) is 0 Å². The highest BCUT2D eigenvalue weighted by atomic mass is 15.2. The topological polar surface area (TPSA) is 31.4 Å². The van der Waals surface area contributed by atoms with Gasteiger partial charge in [-0.1, -0.05) is 30.3 Å². The van der Waals surface area contributed by atoms with Crippen molar-refractivity contribution in [2.75, 3.05) is 40.3 Å². The van der Waals surface area contributed by atoms with Gasteiger partial charge in [0.05, 0.1) is 6.04 Å². The second-order valence-electron chi connectivity index (χ2n) is 6.45. The minimum Gasteiger partial charge on any atom is -0.314 e. The summed E-state index contributed by atoms with van der Waals surface area (Å²) in [5, 5.41) is 3.44. The van der Waals surface area contributed by atoms with Gasteiger partial charge in [0.1, 0.15) is 0 Å². The van der Waals surface area contributed by atoms with Crippen molar-refractivity contribution in [3.8, 4) is 0 Å². The molecule has 0 radical (unpaired) electrons. The first-order valence-corrected chi connectivity index (χ1v) is 8.32. The van der Waals surface area contributed by atoms with Crippen LogP contribution in [0, 0.1) is 0 Å². The van der Waals surface area contributed by atoms with Crippen molar-refractivity contribution in [1.29, 1.82) is 0 Å². The highest BCUT2D eigenvalue weighted by Crippen LogP contribution is 2.28. The van der Waals surface area contributed by atoms with E-state index in [9.17, 15) is 0 Å². The van der Waals surface area contributed by atoms with E-state index in [1.807, 2.05) is 18.5 Å². The maximum Gasteiger partial charge on any atom is 0.0617 e. The molecule has 0 spiro atoms. The molecular formula is C19H26N4. The van der Waals surface area contributed by atoms with Crippen molar-refractivity contribution in [1.82, 2.24) is 20.1 Å². The van der Waals surface area contributed by atoms with Crippen LogP contribution in [0.5, 0.6) is 0 Å². The lowest BCUT2D eigenvalue weighted by Gasteiger charge is -2.35. The fourth-order valence-electron chi connectivity index (χ4n) is 3.26. The van der Waals surface area contributed by atoms with Crippen LogP contribution in [-0.4, -0.2) is 55.1 Å². The van der Waals surface area contributed by atoms with Crippen molar-refractivity contribution < 1.29 is 0 Å². The summed E-state index contributed by atoms with van der Waals surface area (Å²) in [6.07, 6.45) is 3.85. The van der Waals surface area contributed by atoms with Crippen LogP contribution < -0.4 is 5.32 Å². The lowest BCUT2D eigenvalue weighted by molar-refractivity contribution is 0.198. The number of piperazine rings is 1. The zero-order valence-corrected chi connectivity index (χ0v) is 14.1. The predicted molar refractivity (Wildman–Crippen MR) is 94.4 cm³/mol. The van der Waals surface area contributed by atoms with Crippen LogP contribution >= 0.6 is 0 Å². The molecular weight excluding hydrogens is 284 g/mol. The summed E-state index contributed by atoms with van der Waals surface area (Å²) in [6.45, 7) is 5.22. The molecule has 23 heavy (non-hydrogen) atoms. The van der Waals surface area contributed by atoms with Gasteiger partial charge in [0.25, 0.3) is 0 Å². The van der Waals surface area contributed by atoms with Crippen molar-refractivity contribution in [2.24, 2.45) is 0 Å². The van der Waals surface area contributed by atoms with Crippen LogP contribution in [0.3, 0.4) is 0 Å². The molecule has 2 aromatic rings. The molecule has 1 fully saturated rings. The Bertz CT molecular complexity index is 589. The van der Waals surface area contributed by atoms with E-state index in [4.69, 9.17) is 0 Å². The molecule has 1 aromatic carbocycles. The molecule has 4 nitrogen and oxygen atoms in total. The third-order valence-electron chi connectivity index (χ3n) is 4.31. The van der Waals surface area contributed by atoms with Gasteiger partial charge in [-0.25, -0.2) is 0 Å². The first-order valence-electron chi connectivity index (χ1n) is 8.32. The summed E-state index contributed by atoms with van der Waals surface area (Å²) in [7, 11) is 4.21. The number of hydrogen-bond acceptors (Lipinski definition) is 4. The number of benzene rings is 1. The summed E-state index contributed by atoms with van der Waals surface area (Å²) in [6, 6.07) is 13.6. The van der Waals surface area contributed by atoms with E-state index >= 15 is 0 Å². The fraction of sp³-hybridized carbons (Fsp3) is 0.421. The van der Waals surface area contributed by atoms with Crippen LogP contribution in [0.4, 0.5) is 0 Å². The standard InChI is InChI=1S/C19H26N4/c1-22(2)15-16-5-7-17(8-6-16)19(18-4-3-9-21-14-18)23-12-10-20-11-13-23/h3-9,14,19-20H,10-13,15H2,1-2H3. The Morgan fingerprint density at radius 3 is 2.43 bits per heavy atom. The predicted octanol–water partition coefficient (Wildman–Crippen LogP) is 2.14. The molecule has 122 valence electrons. The van der Waals surface area contributed by atoms with Gasteiger partial charge in [0.15, 0.2) is 0 Å². The lowest BCUT2D eigenvalue weighted by Crippen LogP contribution is -2.45. The van der Waals surface area contributed by atoms with Crippen molar-refractivity contribution in [3.63, 3.8) is 0 Å². The van der Waals surface area contributed by atoms with Gasteiger partial charge in [0.2, 0.25) is 0 Å². The third-order valence-corrected chi connectivity index (χ3v) is 4.31. The maximum absolute atomic E-state index is 4.33. The SMILES string of the molecule is CN(C)Cc1ccc(C(c2cccnc2)N2CCNCC2)cc1. The van der Waals surface area contributed by atoms with E-state index < -0.39 is 0 Å². The van der Waals surface area contributed by atoms with Crippen LogP contribution in [0.1, 0.15) is 22.7 Å². The highest BCUT2D eigenvalue weighted by molar-refractivity contribution is 5.32. The second kappa shape index (κ2) is 7.68. The normalized spacial score (nSPS) is 17.3. The van der Waals surface area contributed by atoms with Gasteiger partial charge >= 0.3 is 0 Å². The summed E-state index contributed by atoms with van der Waals surface area (Å²) < 4.78 is 0. The Balaban J connectivity index is 1.88. The molecule has 1 aliphatic rings. The van der Waals surface area contributed by atoms with Crippen LogP contribution in [-0.2, 0) is 6.54 Å². The summed E-state index contributed by atoms with van der Waals surface area (Å²) in [5.41, 5.74) is 3.97. The Labute approximate surface area is 139 Å². The molecule has 2 heterocycles. The quantitative estimate of drug-likeness (QED) is 0.917. The zero-order valence-electron chi connectivity index (χ0n) is 14.1. The van der Waals surface area contributed by atoms with Crippen molar-refractivity contribution >= 4 is 0 Å². The molecule has 0 amide bonds. The number of nitrogens with zero attached hydrogens (tertiary/aromatic N) is 3. The molecule has 1 N–H and O–H groups in total. The zero-order chi connectivity index (χ0) is 16.1. The molecule has 0 bridgehead atoms. The number of nitrogens with one attached hydrogen (secondary N) is 1. The number of rotatable bonds is 5. The van der Waals surface area contributed by atoms with E-state index in [0.717, 1.165) is 32.7 Å². The first kappa shape index (κ1) is 16.1. The van der Waals surface area contributed by atoms with Crippen LogP contribution in [0.25, 0.3) is 0 Å². The summed E-state index contributed by atoms with van der Waals surface area (Å²) in [4.78, 5) is 9.08. The molecule has 3 rings (SSSR count). The molecule has 0 aliphatic carbocycles. The Morgan fingerprint density at radius 1 is 1.09 bits per heavy atom. The fourth-order valence-corrected chi connectivity index (χ4v) is 3.26. The molecule has 1 atom stereocenters. The Morgan fingerprint density at radius 2 is 1.83 bits per heavy atom. The maximum atomic E-state index is 4.33. The van der Waals surface area contributed by atoms with Gasteiger partial charge < -0.3 is 10.2 Å². The molecule has 0 saturated carbocycles. The number of hydrogen-bond donors (Lipinski definition) is 1. The van der Waals surface area contributed by atoms with E-state index in [1.54, 1.807) is 0 Å². The Hall–Kier alpha value is -1.75. The monoisotopic (exact) mass is 310 g/mol. The summed E-state index contributed by atoms with van der Waals surface area (Å²) in [5.74, 6) is 0. The minimum absolute atomic E-state index is 0.291. The van der Waals surface area contributed by atoms with Crippen LogP contribution in [0.2, 0.25) is 0 Å². The molecule has 1 unspecified atom stereocenters. The average Bonchev–Trinajstić information content (AvgIpc) is 2.58. The van der Waals surface area contributed by atoms with E-state index in [2.05, 4.69) is 64.5 Å². The summed E-state index contributed by atoms with van der Waals surface area (Å²) >= 11 is 0. The van der Waals surface area contributed by atoms with Gasteiger partial charge in [-0.05, 0) is 36.9 Å². The Kier molecular flexibility index (Phi) is 5.39. The van der Waals surface area contributed by atoms with Gasteiger partial charge in [-0.15, -0.1) is 0 Å². The van der Waals surface area contributed by atoms with Crippen molar-refractivity contribution in [3.05, 3.63) is 65.5 Å². The molecule has 1 saturated heterocycles. The van der Waals surface area contributed by atoms with E-state index in [-0.39, 0.29) is 0 Å². The smallest absolute Gasteiger partial charge is 0.0617 e. The highest BCUT2D eigenvalue weighted by Gasteiger charge is 2.23. The third kappa shape index (κ3) is 4.16. The molecule has 1 aromatic heterocycles. The minimum atomic E-state index is 0.291. The number of pyridine rings is 1. The number of aromatic nitrogens is 1. The molecule has 4 heteroatoms. The molecule has 1 aliphatic heterocycles. The van der Waals surface area contributed by atoms with E-state index in [1.165, 1.54) is 16.7 Å². The second-order valence-corrected chi connectivity index (χ2v) is 6.45. The average molecular weight is 310 g/mol. The first-order chi connectivity index (χ1) is 11.2. The van der Waals surface area contributed by atoms with Crippen molar-refractivity contribution in [2.45, 2.75) is 12.6 Å². The van der Waals surface area contributed by atoms with Crippen LogP contribution in [0.15, 0.2) is 48.8 Å². The van der Waals surface area contributed by atoms with E-state index in [0.29, 0.717) is 6.04 Å². The van der Waals surface area contributed by atoms with Gasteiger partial charge in [0, 0.05) is 45.1 Å². The lowest BCUT2D eigenvalue weighted by atomic mass is 9.96.